The van der Waals surface area contributed by atoms with Gasteiger partial charge in [-0.1, -0.05) is 52.0 Å². The average molecular weight is 497 g/mol. The Morgan fingerprint density at radius 1 is 0.613 bits per heavy atom. The Bertz CT molecular complexity index is 745. The minimum atomic E-state index is -0.225. The van der Waals surface area contributed by atoms with Crippen LogP contribution in [0.3, 0.4) is 0 Å². The van der Waals surface area contributed by atoms with Gasteiger partial charge >= 0.3 is 0 Å². The van der Waals surface area contributed by atoms with Crippen LogP contribution in [0.1, 0.15) is 73.9 Å². The molecule has 0 aliphatic heterocycles. The SMILES string of the molecule is CCCOc1c(CS)cc(C(C)(C)c2cc(CS)c(OCCC)c(CS)c2)cc1CS. The second kappa shape index (κ2) is 12.6. The molecular weight excluding hydrogens is 461 g/mol. The fourth-order valence-electron chi connectivity index (χ4n) is 3.65. The predicted octanol–water partition coefficient (Wildman–Crippen LogP) is 7.31. The fraction of sp³-hybridized carbons (Fsp3) is 0.520. The molecule has 0 fully saturated rings. The zero-order valence-electron chi connectivity index (χ0n) is 19.1. The molecule has 0 radical (unpaired) electrons. The van der Waals surface area contributed by atoms with Crippen LogP contribution in [-0.4, -0.2) is 13.2 Å². The Morgan fingerprint density at radius 2 is 0.903 bits per heavy atom. The minimum absolute atomic E-state index is 0.225. The predicted molar refractivity (Wildman–Crippen MR) is 147 cm³/mol. The van der Waals surface area contributed by atoms with Crippen LogP contribution in [-0.2, 0) is 28.4 Å². The third-order valence-corrected chi connectivity index (χ3v) is 6.87. The van der Waals surface area contributed by atoms with Crippen molar-refractivity contribution < 1.29 is 9.47 Å². The third-order valence-electron chi connectivity index (χ3n) is 5.51. The van der Waals surface area contributed by atoms with Crippen molar-refractivity contribution in [1.82, 2.24) is 0 Å². The highest BCUT2D eigenvalue weighted by atomic mass is 32.1. The van der Waals surface area contributed by atoms with Crippen molar-refractivity contribution in [2.75, 3.05) is 13.2 Å². The summed E-state index contributed by atoms with van der Waals surface area (Å²) in [6, 6.07) is 8.92. The summed E-state index contributed by atoms with van der Waals surface area (Å²) in [5, 5.41) is 0. The molecule has 0 spiro atoms. The molecule has 0 unspecified atom stereocenters. The van der Waals surface area contributed by atoms with Crippen molar-refractivity contribution in [3.63, 3.8) is 0 Å². The zero-order valence-corrected chi connectivity index (χ0v) is 22.6. The Hall–Kier alpha value is -0.560. The number of benzene rings is 2. The van der Waals surface area contributed by atoms with Crippen molar-refractivity contribution in [1.29, 1.82) is 0 Å². The van der Waals surface area contributed by atoms with E-state index in [1.165, 1.54) is 11.1 Å². The van der Waals surface area contributed by atoms with Crippen LogP contribution in [0.5, 0.6) is 11.5 Å². The van der Waals surface area contributed by atoms with E-state index in [0.717, 1.165) is 46.6 Å². The molecule has 0 aliphatic rings. The van der Waals surface area contributed by atoms with Gasteiger partial charge in [0.1, 0.15) is 11.5 Å². The average Bonchev–Trinajstić information content (AvgIpc) is 2.79. The van der Waals surface area contributed by atoms with Crippen LogP contribution in [0.15, 0.2) is 24.3 Å². The van der Waals surface area contributed by atoms with Gasteiger partial charge < -0.3 is 9.47 Å². The van der Waals surface area contributed by atoms with E-state index in [1.54, 1.807) is 0 Å². The molecule has 0 aromatic heterocycles. The summed E-state index contributed by atoms with van der Waals surface area (Å²) < 4.78 is 12.1. The fourth-order valence-corrected chi connectivity index (χ4v) is 4.59. The van der Waals surface area contributed by atoms with Gasteiger partial charge in [-0.15, -0.1) is 0 Å². The molecule has 2 aromatic carbocycles. The van der Waals surface area contributed by atoms with Crippen molar-refractivity contribution in [3.8, 4) is 11.5 Å². The van der Waals surface area contributed by atoms with Crippen LogP contribution in [0.4, 0.5) is 0 Å². The Balaban J connectivity index is 2.60. The van der Waals surface area contributed by atoms with Crippen LogP contribution in [0.25, 0.3) is 0 Å². The Kier molecular flexibility index (Phi) is 10.9. The molecular formula is C25H36O2S4. The number of hydrogen-bond donors (Lipinski definition) is 4. The highest BCUT2D eigenvalue weighted by Gasteiger charge is 2.27. The first-order valence-corrected chi connectivity index (χ1v) is 13.4. The van der Waals surface area contributed by atoms with Gasteiger partial charge in [-0.3, -0.25) is 0 Å². The van der Waals surface area contributed by atoms with Crippen molar-refractivity contribution in [2.24, 2.45) is 0 Å². The lowest BCUT2D eigenvalue weighted by molar-refractivity contribution is 0.312. The molecule has 2 rings (SSSR count). The molecule has 31 heavy (non-hydrogen) atoms. The van der Waals surface area contributed by atoms with Gasteiger partial charge in [0, 0.05) is 50.7 Å². The number of rotatable bonds is 12. The van der Waals surface area contributed by atoms with Gasteiger partial charge in [0.15, 0.2) is 0 Å². The highest BCUT2D eigenvalue weighted by Crippen LogP contribution is 2.40. The van der Waals surface area contributed by atoms with E-state index in [-0.39, 0.29) is 5.41 Å². The molecule has 0 atom stereocenters. The minimum Gasteiger partial charge on any atom is -0.493 e. The van der Waals surface area contributed by atoms with Crippen LogP contribution < -0.4 is 9.47 Å². The maximum Gasteiger partial charge on any atom is 0.127 e. The summed E-state index contributed by atoms with van der Waals surface area (Å²) in [5.41, 5.74) is 6.66. The lowest BCUT2D eigenvalue weighted by Gasteiger charge is -2.30. The van der Waals surface area contributed by atoms with Crippen molar-refractivity contribution in [3.05, 3.63) is 57.6 Å². The quantitative estimate of drug-likeness (QED) is 0.231. The number of hydrogen-bond acceptors (Lipinski definition) is 6. The van der Waals surface area contributed by atoms with Gasteiger partial charge in [0.05, 0.1) is 13.2 Å². The summed E-state index contributed by atoms with van der Waals surface area (Å²) in [6.07, 6.45) is 1.94. The zero-order chi connectivity index (χ0) is 23.0. The molecule has 172 valence electrons. The molecule has 0 amide bonds. The first-order chi connectivity index (χ1) is 14.9. The summed E-state index contributed by atoms with van der Waals surface area (Å²) in [5.74, 6) is 4.35. The smallest absolute Gasteiger partial charge is 0.127 e. The first kappa shape index (κ1) is 26.7. The monoisotopic (exact) mass is 496 g/mol. The maximum absolute atomic E-state index is 6.06. The summed E-state index contributed by atoms with van der Waals surface area (Å²) in [6.45, 7) is 10.1. The summed E-state index contributed by atoms with van der Waals surface area (Å²) in [4.78, 5) is 0. The molecule has 2 aromatic rings. The third kappa shape index (κ3) is 6.27. The molecule has 0 saturated carbocycles. The Morgan fingerprint density at radius 3 is 1.13 bits per heavy atom. The van der Waals surface area contributed by atoms with Gasteiger partial charge in [-0.25, -0.2) is 0 Å². The number of ether oxygens (including phenoxy) is 2. The molecule has 0 aliphatic carbocycles. The topological polar surface area (TPSA) is 18.5 Å². The van der Waals surface area contributed by atoms with E-state index >= 15 is 0 Å². The molecule has 6 heteroatoms. The normalized spacial score (nSPS) is 11.6. The van der Waals surface area contributed by atoms with Crippen LogP contribution >= 0.6 is 50.5 Å². The lowest BCUT2D eigenvalue weighted by atomic mass is 9.76. The lowest BCUT2D eigenvalue weighted by Crippen LogP contribution is -2.21. The summed E-state index contributed by atoms with van der Waals surface area (Å²) in [7, 11) is 0. The van der Waals surface area contributed by atoms with E-state index in [0.29, 0.717) is 36.2 Å². The van der Waals surface area contributed by atoms with E-state index in [4.69, 9.17) is 9.47 Å². The van der Waals surface area contributed by atoms with Gasteiger partial charge in [-0.05, 0) is 24.0 Å². The molecule has 0 saturated heterocycles. The maximum atomic E-state index is 6.06. The van der Waals surface area contributed by atoms with E-state index in [2.05, 4.69) is 102 Å². The second-order valence-corrected chi connectivity index (χ2v) is 9.47. The van der Waals surface area contributed by atoms with E-state index < -0.39 is 0 Å². The van der Waals surface area contributed by atoms with E-state index in [9.17, 15) is 0 Å². The van der Waals surface area contributed by atoms with Crippen LogP contribution in [0, 0.1) is 0 Å². The molecule has 0 N–H and O–H groups in total. The van der Waals surface area contributed by atoms with Crippen LogP contribution in [0.2, 0.25) is 0 Å². The van der Waals surface area contributed by atoms with E-state index in [1.807, 2.05) is 0 Å². The first-order valence-electron chi connectivity index (χ1n) is 10.9. The molecule has 2 nitrogen and oxygen atoms in total. The van der Waals surface area contributed by atoms with Gasteiger partial charge in [0.2, 0.25) is 0 Å². The second-order valence-electron chi connectivity index (χ2n) is 8.20. The van der Waals surface area contributed by atoms with Crippen molar-refractivity contribution in [2.45, 2.75) is 69.0 Å². The number of thiol groups is 4. The van der Waals surface area contributed by atoms with Gasteiger partial charge in [0.25, 0.3) is 0 Å². The standard InChI is InChI=1S/C25H36O2S4/c1-5-7-26-23-17(13-28)9-21(10-18(23)14-29)25(3,4)22-11-19(15-30)24(27-8-6-2)20(12-22)16-31/h9-12,28-31H,5-8,13-16H2,1-4H3. The summed E-state index contributed by atoms with van der Waals surface area (Å²) >= 11 is 18.3. The largest absolute Gasteiger partial charge is 0.493 e. The molecule has 0 bridgehead atoms. The molecule has 0 heterocycles. The van der Waals surface area contributed by atoms with Crippen molar-refractivity contribution >= 4 is 50.5 Å². The van der Waals surface area contributed by atoms with Gasteiger partial charge in [-0.2, -0.15) is 50.5 Å². The Labute approximate surface area is 210 Å². The highest BCUT2D eigenvalue weighted by molar-refractivity contribution is 7.79.